The molecular weight excluding hydrogens is 516 g/mol. The molecule has 2 aromatic rings. The SMILES string of the molecule is CCCCCCCCCCCCCCCCOC(=O)C(Cc1ccc(O)cc1)NC(=O)C(N)Cc1ccc(O)cc1. The summed E-state index contributed by atoms with van der Waals surface area (Å²) >= 11 is 0. The molecule has 2 unspecified atom stereocenters. The lowest BCUT2D eigenvalue weighted by Gasteiger charge is -2.20. The normalized spacial score (nSPS) is 12.5. The van der Waals surface area contributed by atoms with Gasteiger partial charge in [0.25, 0.3) is 0 Å². The van der Waals surface area contributed by atoms with Crippen molar-refractivity contribution in [3.8, 4) is 11.5 Å². The number of nitrogens with one attached hydrogen (secondary N) is 1. The minimum absolute atomic E-state index is 0.130. The minimum Gasteiger partial charge on any atom is -0.508 e. The third-order valence-corrected chi connectivity index (χ3v) is 7.45. The number of phenols is 2. The Morgan fingerprint density at radius 3 is 1.56 bits per heavy atom. The van der Waals surface area contributed by atoms with Gasteiger partial charge in [-0.25, -0.2) is 4.79 Å². The van der Waals surface area contributed by atoms with Gasteiger partial charge in [-0.2, -0.15) is 0 Å². The summed E-state index contributed by atoms with van der Waals surface area (Å²) in [5.41, 5.74) is 7.72. The Balaban J connectivity index is 1.69. The minimum atomic E-state index is -0.885. The summed E-state index contributed by atoms with van der Waals surface area (Å²) in [5.74, 6) is -0.666. The van der Waals surface area contributed by atoms with E-state index in [4.69, 9.17) is 10.5 Å². The van der Waals surface area contributed by atoms with Gasteiger partial charge < -0.3 is 26.0 Å². The quantitative estimate of drug-likeness (QED) is 0.0924. The second-order valence-electron chi connectivity index (χ2n) is 11.2. The third-order valence-electron chi connectivity index (χ3n) is 7.45. The van der Waals surface area contributed by atoms with Crippen molar-refractivity contribution in [2.75, 3.05) is 6.61 Å². The first-order valence-corrected chi connectivity index (χ1v) is 15.7. The topological polar surface area (TPSA) is 122 Å². The van der Waals surface area contributed by atoms with E-state index in [0.717, 1.165) is 30.4 Å². The number of rotatable bonds is 22. The predicted molar refractivity (Wildman–Crippen MR) is 165 cm³/mol. The van der Waals surface area contributed by atoms with Crippen LogP contribution in [0.1, 0.15) is 108 Å². The smallest absolute Gasteiger partial charge is 0.328 e. The van der Waals surface area contributed by atoms with E-state index in [2.05, 4.69) is 12.2 Å². The Hall–Kier alpha value is -3.06. The fourth-order valence-electron chi connectivity index (χ4n) is 4.89. The van der Waals surface area contributed by atoms with E-state index < -0.39 is 24.0 Å². The molecule has 0 aliphatic heterocycles. The van der Waals surface area contributed by atoms with E-state index in [0.29, 0.717) is 6.61 Å². The van der Waals surface area contributed by atoms with Gasteiger partial charge in [0.2, 0.25) is 5.91 Å². The summed E-state index contributed by atoms with van der Waals surface area (Å²) in [5, 5.41) is 21.8. The molecular formula is C34H52N2O5. The van der Waals surface area contributed by atoms with Crippen molar-refractivity contribution >= 4 is 11.9 Å². The number of carbonyl (C=O) groups is 2. The number of esters is 1. The van der Waals surface area contributed by atoms with E-state index >= 15 is 0 Å². The fraction of sp³-hybridized carbons (Fsp3) is 0.588. The van der Waals surface area contributed by atoms with E-state index in [9.17, 15) is 19.8 Å². The molecule has 2 atom stereocenters. The highest BCUT2D eigenvalue weighted by Gasteiger charge is 2.25. The maximum absolute atomic E-state index is 12.9. The van der Waals surface area contributed by atoms with Gasteiger partial charge in [-0.3, -0.25) is 4.79 Å². The van der Waals surface area contributed by atoms with Gasteiger partial charge in [-0.1, -0.05) is 115 Å². The van der Waals surface area contributed by atoms with Gasteiger partial charge in [0.1, 0.15) is 17.5 Å². The van der Waals surface area contributed by atoms with Crippen molar-refractivity contribution < 1.29 is 24.5 Å². The number of hydrogen-bond acceptors (Lipinski definition) is 6. The van der Waals surface area contributed by atoms with Crippen LogP contribution in [0.2, 0.25) is 0 Å². The van der Waals surface area contributed by atoms with E-state index in [1.165, 1.54) is 70.6 Å². The van der Waals surface area contributed by atoms with Crippen LogP contribution in [0.5, 0.6) is 11.5 Å². The molecule has 2 rings (SSSR count). The summed E-state index contributed by atoms with van der Waals surface area (Å²) in [4.78, 5) is 25.8. The van der Waals surface area contributed by atoms with Crippen molar-refractivity contribution in [1.29, 1.82) is 0 Å². The number of unbranched alkanes of at least 4 members (excludes halogenated alkanes) is 13. The molecule has 1 amide bonds. The summed E-state index contributed by atoms with van der Waals surface area (Å²) in [6.07, 6.45) is 18.1. The second kappa shape index (κ2) is 20.8. The molecule has 0 saturated carbocycles. The molecule has 41 heavy (non-hydrogen) atoms. The number of aromatic hydroxyl groups is 2. The number of amides is 1. The van der Waals surface area contributed by atoms with Gasteiger partial charge in [0, 0.05) is 6.42 Å². The molecule has 0 heterocycles. The molecule has 7 nitrogen and oxygen atoms in total. The Morgan fingerprint density at radius 1 is 0.683 bits per heavy atom. The molecule has 0 spiro atoms. The monoisotopic (exact) mass is 568 g/mol. The van der Waals surface area contributed by atoms with Gasteiger partial charge in [0.05, 0.1) is 12.6 Å². The van der Waals surface area contributed by atoms with E-state index in [1.54, 1.807) is 48.5 Å². The zero-order valence-electron chi connectivity index (χ0n) is 25.0. The number of benzene rings is 2. The van der Waals surface area contributed by atoms with Crippen LogP contribution < -0.4 is 11.1 Å². The molecule has 0 fully saturated rings. The van der Waals surface area contributed by atoms with Crippen LogP contribution in [0, 0.1) is 0 Å². The fourth-order valence-corrected chi connectivity index (χ4v) is 4.89. The van der Waals surface area contributed by atoms with Crippen molar-refractivity contribution in [2.45, 2.75) is 122 Å². The first kappa shape index (κ1) is 34.1. The van der Waals surface area contributed by atoms with Gasteiger partial charge in [-0.15, -0.1) is 0 Å². The van der Waals surface area contributed by atoms with E-state index in [1.807, 2.05) is 0 Å². The van der Waals surface area contributed by atoms with Crippen LogP contribution in [-0.2, 0) is 27.2 Å². The Labute approximate surface area is 246 Å². The molecule has 7 heteroatoms. The highest BCUT2D eigenvalue weighted by Crippen LogP contribution is 2.15. The standard InChI is InChI=1S/C34H52N2O5/c1-2-3-4-5-6-7-8-9-10-11-12-13-14-15-24-41-34(40)32(26-28-18-22-30(38)23-19-28)36-33(39)31(35)25-27-16-20-29(37)21-17-27/h16-23,31-32,37-38H,2-15,24-26,35H2,1H3,(H,36,39). The maximum Gasteiger partial charge on any atom is 0.328 e. The van der Waals surface area contributed by atoms with Crippen LogP contribution >= 0.6 is 0 Å². The molecule has 0 aromatic heterocycles. The lowest BCUT2D eigenvalue weighted by molar-refractivity contribution is -0.148. The number of ether oxygens (including phenoxy) is 1. The Kier molecular flexibility index (Phi) is 17.3. The first-order valence-electron chi connectivity index (χ1n) is 15.7. The highest BCUT2D eigenvalue weighted by molar-refractivity contribution is 5.87. The average Bonchev–Trinajstić information content (AvgIpc) is 2.96. The second-order valence-corrected chi connectivity index (χ2v) is 11.2. The highest BCUT2D eigenvalue weighted by atomic mass is 16.5. The average molecular weight is 569 g/mol. The summed E-state index contributed by atoms with van der Waals surface area (Å²) in [6, 6.07) is 11.3. The molecule has 0 bridgehead atoms. The maximum atomic E-state index is 12.9. The Bertz CT molecular complexity index is 978. The van der Waals surface area contributed by atoms with Crippen molar-refractivity contribution in [2.24, 2.45) is 5.73 Å². The number of hydrogen-bond donors (Lipinski definition) is 4. The van der Waals surface area contributed by atoms with Crippen LogP contribution in [-0.4, -0.2) is 40.8 Å². The van der Waals surface area contributed by atoms with Crippen molar-refractivity contribution in [3.63, 3.8) is 0 Å². The predicted octanol–water partition coefficient (Wildman–Crippen LogP) is 6.72. The van der Waals surface area contributed by atoms with Gasteiger partial charge >= 0.3 is 5.97 Å². The van der Waals surface area contributed by atoms with Crippen molar-refractivity contribution in [1.82, 2.24) is 5.32 Å². The van der Waals surface area contributed by atoms with Crippen LogP contribution in [0.25, 0.3) is 0 Å². The van der Waals surface area contributed by atoms with Crippen LogP contribution in [0.15, 0.2) is 48.5 Å². The van der Waals surface area contributed by atoms with Crippen molar-refractivity contribution in [3.05, 3.63) is 59.7 Å². The molecule has 0 radical (unpaired) electrons. The lowest BCUT2D eigenvalue weighted by Crippen LogP contribution is -2.50. The number of nitrogens with two attached hydrogens (primary N) is 1. The largest absolute Gasteiger partial charge is 0.508 e. The zero-order chi connectivity index (χ0) is 29.7. The third kappa shape index (κ3) is 15.5. The molecule has 5 N–H and O–H groups in total. The van der Waals surface area contributed by atoms with E-state index in [-0.39, 0.29) is 24.3 Å². The summed E-state index contributed by atoms with van der Waals surface area (Å²) < 4.78 is 5.55. The number of carbonyl (C=O) groups excluding carboxylic acids is 2. The van der Waals surface area contributed by atoms with Gasteiger partial charge in [0.15, 0.2) is 0 Å². The lowest BCUT2D eigenvalue weighted by atomic mass is 10.0. The summed E-state index contributed by atoms with van der Waals surface area (Å²) in [6.45, 7) is 2.57. The molecule has 0 aliphatic carbocycles. The van der Waals surface area contributed by atoms with Gasteiger partial charge in [-0.05, 0) is 48.2 Å². The molecule has 2 aromatic carbocycles. The molecule has 0 saturated heterocycles. The number of phenolic OH excluding ortho intramolecular Hbond substituents is 2. The van der Waals surface area contributed by atoms with Crippen LogP contribution in [0.4, 0.5) is 0 Å². The zero-order valence-corrected chi connectivity index (χ0v) is 25.0. The summed E-state index contributed by atoms with van der Waals surface area (Å²) in [7, 11) is 0. The molecule has 228 valence electrons. The molecule has 0 aliphatic rings. The first-order chi connectivity index (χ1) is 19.9. The van der Waals surface area contributed by atoms with Crippen LogP contribution in [0.3, 0.4) is 0 Å². The Morgan fingerprint density at radius 2 is 1.10 bits per heavy atom.